The molecule has 1 N–H and O–H groups in total. The molecule has 2 aromatic heterocycles. The van der Waals surface area contributed by atoms with Crippen molar-refractivity contribution in [3.63, 3.8) is 0 Å². The standard InChI is InChI=1S/C14H17N3O2S/c1-4-11-8-16-13(20-11)9(2)17-12-7-10(5-6-15-12)14(18)19-3/h5-9H,4H2,1-3H3,(H,15,17). The highest BCUT2D eigenvalue weighted by Crippen LogP contribution is 2.23. The van der Waals surface area contributed by atoms with Gasteiger partial charge in [-0.2, -0.15) is 0 Å². The molecule has 6 heteroatoms. The Morgan fingerprint density at radius 1 is 1.50 bits per heavy atom. The Kier molecular flexibility index (Phi) is 4.68. The molecule has 5 nitrogen and oxygen atoms in total. The number of anilines is 1. The number of aromatic nitrogens is 2. The highest BCUT2D eigenvalue weighted by atomic mass is 32.1. The Morgan fingerprint density at radius 3 is 2.95 bits per heavy atom. The van der Waals surface area contributed by atoms with E-state index in [1.165, 1.54) is 12.0 Å². The first kappa shape index (κ1) is 14.5. The lowest BCUT2D eigenvalue weighted by Crippen LogP contribution is -2.09. The lowest BCUT2D eigenvalue weighted by molar-refractivity contribution is 0.0600. The van der Waals surface area contributed by atoms with Crippen molar-refractivity contribution in [1.29, 1.82) is 0 Å². The van der Waals surface area contributed by atoms with Crippen molar-refractivity contribution in [2.24, 2.45) is 0 Å². The minimum atomic E-state index is -0.370. The summed E-state index contributed by atoms with van der Waals surface area (Å²) in [7, 11) is 1.36. The van der Waals surface area contributed by atoms with Gasteiger partial charge in [-0.15, -0.1) is 11.3 Å². The van der Waals surface area contributed by atoms with Gasteiger partial charge < -0.3 is 10.1 Å². The first-order valence-electron chi connectivity index (χ1n) is 6.39. The third-order valence-corrected chi connectivity index (χ3v) is 4.16. The maximum absolute atomic E-state index is 11.5. The second-order valence-corrected chi connectivity index (χ2v) is 5.45. The molecule has 0 saturated heterocycles. The maximum Gasteiger partial charge on any atom is 0.338 e. The molecule has 1 atom stereocenters. The summed E-state index contributed by atoms with van der Waals surface area (Å²) in [6.07, 6.45) is 4.47. The summed E-state index contributed by atoms with van der Waals surface area (Å²) in [5, 5.41) is 4.25. The molecule has 0 aliphatic heterocycles. The largest absolute Gasteiger partial charge is 0.465 e. The third kappa shape index (κ3) is 3.33. The van der Waals surface area contributed by atoms with E-state index in [1.54, 1.807) is 29.7 Å². The number of ether oxygens (including phenoxy) is 1. The van der Waals surface area contributed by atoms with Crippen molar-refractivity contribution in [2.45, 2.75) is 26.3 Å². The van der Waals surface area contributed by atoms with Crippen LogP contribution in [0.3, 0.4) is 0 Å². The topological polar surface area (TPSA) is 64.1 Å². The van der Waals surface area contributed by atoms with Crippen LogP contribution in [0.5, 0.6) is 0 Å². The summed E-state index contributed by atoms with van der Waals surface area (Å²) in [5.74, 6) is 0.263. The second-order valence-electron chi connectivity index (χ2n) is 4.31. The molecule has 0 saturated carbocycles. The number of aryl methyl sites for hydroxylation is 1. The first-order chi connectivity index (χ1) is 9.63. The van der Waals surface area contributed by atoms with Gasteiger partial charge in [0.05, 0.1) is 18.7 Å². The van der Waals surface area contributed by atoms with Crippen LogP contribution in [0.15, 0.2) is 24.5 Å². The van der Waals surface area contributed by atoms with Crippen LogP contribution in [0, 0.1) is 0 Å². The maximum atomic E-state index is 11.5. The molecular formula is C14H17N3O2S. The molecule has 0 spiro atoms. The smallest absolute Gasteiger partial charge is 0.338 e. The van der Waals surface area contributed by atoms with Gasteiger partial charge in [-0.1, -0.05) is 6.92 Å². The number of nitrogens with zero attached hydrogens (tertiary/aromatic N) is 2. The van der Waals surface area contributed by atoms with Crippen molar-refractivity contribution in [2.75, 3.05) is 12.4 Å². The van der Waals surface area contributed by atoms with Gasteiger partial charge in [-0.05, 0) is 25.5 Å². The van der Waals surface area contributed by atoms with Crippen LogP contribution in [0.1, 0.15) is 40.1 Å². The molecule has 2 aromatic rings. The van der Waals surface area contributed by atoms with Crippen molar-refractivity contribution in [3.8, 4) is 0 Å². The zero-order valence-electron chi connectivity index (χ0n) is 11.7. The predicted octanol–water partition coefficient (Wildman–Crippen LogP) is 3.06. The van der Waals surface area contributed by atoms with E-state index in [4.69, 9.17) is 4.74 Å². The molecule has 0 fully saturated rings. The molecule has 0 aromatic carbocycles. The summed E-state index contributed by atoms with van der Waals surface area (Å²) < 4.78 is 4.69. The average Bonchev–Trinajstić information content (AvgIpc) is 2.95. The number of hydrogen-bond acceptors (Lipinski definition) is 6. The highest BCUT2D eigenvalue weighted by Gasteiger charge is 2.12. The van der Waals surface area contributed by atoms with Gasteiger partial charge >= 0.3 is 5.97 Å². The number of rotatable bonds is 5. The van der Waals surface area contributed by atoms with Crippen molar-refractivity contribution < 1.29 is 9.53 Å². The molecule has 20 heavy (non-hydrogen) atoms. The minimum Gasteiger partial charge on any atom is -0.465 e. The van der Waals surface area contributed by atoms with E-state index in [0.29, 0.717) is 11.4 Å². The Balaban J connectivity index is 2.11. The van der Waals surface area contributed by atoms with Gasteiger partial charge in [0.15, 0.2) is 0 Å². The van der Waals surface area contributed by atoms with Gasteiger partial charge in [-0.3, -0.25) is 0 Å². The molecule has 0 aliphatic rings. The van der Waals surface area contributed by atoms with E-state index >= 15 is 0 Å². The van der Waals surface area contributed by atoms with E-state index in [1.807, 2.05) is 13.1 Å². The number of hydrogen-bond donors (Lipinski definition) is 1. The first-order valence-corrected chi connectivity index (χ1v) is 7.21. The van der Waals surface area contributed by atoms with Crippen LogP contribution in [0.4, 0.5) is 5.82 Å². The van der Waals surface area contributed by atoms with Crippen molar-refractivity contribution >= 4 is 23.1 Å². The van der Waals surface area contributed by atoms with Crippen LogP contribution in [-0.2, 0) is 11.2 Å². The number of thiazole rings is 1. The lowest BCUT2D eigenvalue weighted by atomic mass is 10.2. The SMILES string of the molecule is CCc1cnc(C(C)Nc2cc(C(=O)OC)ccn2)s1. The summed E-state index contributed by atoms with van der Waals surface area (Å²) in [5.41, 5.74) is 0.477. The van der Waals surface area contributed by atoms with Gasteiger partial charge in [0.25, 0.3) is 0 Å². The molecule has 2 heterocycles. The predicted molar refractivity (Wildman–Crippen MR) is 79.1 cm³/mol. The van der Waals surface area contributed by atoms with Crippen LogP contribution >= 0.6 is 11.3 Å². The molecule has 1 unspecified atom stereocenters. The van der Waals surface area contributed by atoms with E-state index in [-0.39, 0.29) is 12.0 Å². The second kappa shape index (κ2) is 6.47. The summed E-state index contributed by atoms with van der Waals surface area (Å²) >= 11 is 1.68. The van der Waals surface area contributed by atoms with Gasteiger partial charge in [-0.25, -0.2) is 14.8 Å². The van der Waals surface area contributed by atoms with Gasteiger partial charge in [0, 0.05) is 17.3 Å². The number of pyridine rings is 1. The lowest BCUT2D eigenvalue weighted by Gasteiger charge is -2.12. The molecule has 0 aliphatic carbocycles. The normalized spacial score (nSPS) is 11.9. The fraction of sp³-hybridized carbons (Fsp3) is 0.357. The molecular weight excluding hydrogens is 274 g/mol. The molecule has 2 rings (SSSR count). The summed E-state index contributed by atoms with van der Waals surface area (Å²) in [6, 6.07) is 3.34. The quantitative estimate of drug-likeness (QED) is 0.858. The van der Waals surface area contributed by atoms with Crippen LogP contribution in [0.2, 0.25) is 0 Å². The van der Waals surface area contributed by atoms with E-state index < -0.39 is 0 Å². The average molecular weight is 291 g/mol. The molecule has 106 valence electrons. The molecule has 0 radical (unpaired) electrons. The highest BCUT2D eigenvalue weighted by molar-refractivity contribution is 7.11. The summed E-state index contributed by atoms with van der Waals surface area (Å²) in [6.45, 7) is 4.13. The number of carbonyl (C=O) groups is 1. The number of carbonyl (C=O) groups excluding carboxylic acids is 1. The summed E-state index contributed by atoms with van der Waals surface area (Å²) in [4.78, 5) is 21.3. The fourth-order valence-electron chi connectivity index (χ4n) is 1.72. The zero-order chi connectivity index (χ0) is 14.5. The van der Waals surface area contributed by atoms with Crippen LogP contribution < -0.4 is 5.32 Å². The monoisotopic (exact) mass is 291 g/mol. The zero-order valence-corrected chi connectivity index (χ0v) is 12.5. The Labute approximate surface area is 122 Å². The molecule has 0 bridgehead atoms. The van der Waals surface area contributed by atoms with Crippen molar-refractivity contribution in [1.82, 2.24) is 9.97 Å². The van der Waals surface area contributed by atoms with Gasteiger partial charge in [0.2, 0.25) is 0 Å². The number of nitrogens with one attached hydrogen (secondary N) is 1. The van der Waals surface area contributed by atoms with Crippen molar-refractivity contribution in [3.05, 3.63) is 40.0 Å². The Bertz CT molecular complexity index is 598. The van der Waals surface area contributed by atoms with Crippen LogP contribution in [0.25, 0.3) is 0 Å². The number of esters is 1. The van der Waals surface area contributed by atoms with Crippen LogP contribution in [-0.4, -0.2) is 23.0 Å². The van der Waals surface area contributed by atoms with E-state index in [2.05, 4.69) is 22.2 Å². The Morgan fingerprint density at radius 2 is 2.30 bits per heavy atom. The van der Waals surface area contributed by atoms with Gasteiger partial charge in [0.1, 0.15) is 10.8 Å². The molecule has 0 amide bonds. The minimum absolute atomic E-state index is 0.0423. The fourth-order valence-corrected chi connectivity index (χ4v) is 2.58. The van der Waals surface area contributed by atoms with E-state index in [9.17, 15) is 4.79 Å². The number of methoxy groups -OCH3 is 1. The Hall–Kier alpha value is -1.95. The van der Waals surface area contributed by atoms with E-state index in [0.717, 1.165) is 11.4 Å². The third-order valence-electron chi connectivity index (χ3n) is 2.84.